The van der Waals surface area contributed by atoms with Gasteiger partial charge in [0, 0.05) is 43.3 Å². The second kappa shape index (κ2) is 5.40. The molecule has 1 aliphatic rings. The van der Waals surface area contributed by atoms with Crippen molar-refractivity contribution >= 4 is 5.91 Å². The molecule has 0 radical (unpaired) electrons. The summed E-state index contributed by atoms with van der Waals surface area (Å²) in [6.45, 7) is 3.72. The van der Waals surface area contributed by atoms with Gasteiger partial charge in [0.1, 0.15) is 12.4 Å². The highest BCUT2D eigenvalue weighted by Crippen LogP contribution is 2.24. The number of amides is 1. The third-order valence-electron chi connectivity index (χ3n) is 3.58. The predicted molar refractivity (Wildman–Crippen MR) is 72.9 cm³/mol. The van der Waals surface area contributed by atoms with E-state index < -0.39 is 0 Å². The van der Waals surface area contributed by atoms with E-state index in [0.29, 0.717) is 13.1 Å². The van der Waals surface area contributed by atoms with Crippen LogP contribution < -0.4 is 0 Å². The van der Waals surface area contributed by atoms with Crippen molar-refractivity contribution in [1.29, 1.82) is 0 Å². The van der Waals surface area contributed by atoms with Gasteiger partial charge >= 0.3 is 0 Å². The molecular formula is C14H17N5O. The number of hydrogen-bond donors (Lipinski definition) is 0. The molecule has 0 bridgehead atoms. The molecular weight excluding hydrogens is 254 g/mol. The number of hydrogen-bond acceptors (Lipinski definition) is 4. The van der Waals surface area contributed by atoms with Crippen molar-refractivity contribution in [3.05, 3.63) is 42.2 Å². The molecule has 1 saturated heterocycles. The zero-order valence-corrected chi connectivity index (χ0v) is 11.4. The highest BCUT2D eigenvalue weighted by atomic mass is 16.2. The van der Waals surface area contributed by atoms with Crippen LogP contribution in [0.4, 0.5) is 0 Å². The fourth-order valence-corrected chi connectivity index (χ4v) is 2.50. The van der Waals surface area contributed by atoms with E-state index in [-0.39, 0.29) is 11.8 Å². The second-order valence-corrected chi connectivity index (χ2v) is 5.09. The minimum Gasteiger partial charge on any atom is -0.340 e. The lowest BCUT2D eigenvalue weighted by molar-refractivity contribution is -0.131. The summed E-state index contributed by atoms with van der Waals surface area (Å²) in [5, 5.41) is 4.06. The van der Waals surface area contributed by atoms with Crippen molar-refractivity contribution in [3.63, 3.8) is 0 Å². The predicted octanol–water partition coefficient (Wildman–Crippen LogP) is 0.998. The lowest BCUT2D eigenvalue weighted by atomic mass is 10.1. The maximum absolute atomic E-state index is 12.2. The first-order chi connectivity index (χ1) is 9.72. The number of likely N-dealkylation sites (tertiary alicyclic amines) is 1. The molecule has 0 unspecified atom stereocenters. The summed E-state index contributed by atoms with van der Waals surface area (Å²) in [5.74, 6) is 1.19. The zero-order chi connectivity index (χ0) is 13.9. The van der Waals surface area contributed by atoms with E-state index in [1.807, 2.05) is 24.0 Å². The van der Waals surface area contributed by atoms with Crippen molar-refractivity contribution in [2.45, 2.75) is 25.8 Å². The van der Waals surface area contributed by atoms with E-state index >= 15 is 0 Å². The topological polar surface area (TPSA) is 63.9 Å². The van der Waals surface area contributed by atoms with Gasteiger partial charge in [0.2, 0.25) is 5.91 Å². The number of aromatic nitrogens is 4. The molecule has 104 valence electrons. The smallest absolute Gasteiger partial charge is 0.244 e. The minimum absolute atomic E-state index is 0.101. The number of nitrogens with zero attached hydrogens (tertiary/aromatic N) is 5. The first-order valence-corrected chi connectivity index (χ1v) is 6.77. The maximum atomic E-state index is 12.2. The Morgan fingerprint density at radius 3 is 3.10 bits per heavy atom. The van der Waals surface area contributed by atoms with Crippen molar-refractivity contribution in [2.24, 2.45) is 0 Å². The quantitative estimate of drug-likeness (QED) is 0.835. The van der Waals surface area contributed by atoms with Crippen molar-refractivity contribution in [2.75, 3.05) is 13.1 Å². The van der Waals surface area contributed by atoms with Crippen LogP contribution in [0.25, 0.3) is 0 Å². The van der Waals surface area contributed by atoms with Crippen LogP contribution in [0, 0.1) is 6.92 Å². The first kappa shape index (κ1) is 12.8. The van der Waals surface area contributed by atoms with Crippen LogP contribution in [0.2, 0.25) is 0 Å². The molecule has 2 aromatic rings. The number of carbonyl (C=O) groups excluding carboxylic acids is 1. The number of carbonyl (C=O) groups is 1. The summed E-state index contributed by atoms with van der Waals surface area (Å²) >= 11 is 0. The van der Waals surface area contributed by atoms with Crippen LogP contribution in [-0.2, 0) is 11.3 Å². The van der Waals surface area contributed by atoms with Gasteiger partial charge in [-0.1, -0.05) is 0 Å². The monoisotopic (exact) mass is 271 g/mol. The SMILES string of the molecule is Cc1ccnc([C@@H]2CCN(C(=O)Cn3cccn3)C2)n1. The number of aryl methyl sites for hydroxylation is 1. The standard InChI is InChI=1S/C14H17N5O/c1-11-3-6-15-14(17-11)12-4-8-18(9-12)13(20)10-19-7-2-5-16-19/h2-3,5-7,12H,4,8-10H2,1H3/t12-/m1/s1. The molecule has 0 spiro atoms. The van der Waals surface area contributed by atoms with E-state index in [1.54, 1.807) is 23.3 Å². The van der Waals surface area contributed by atoms with Gasteiger partial charge in [-0.15, -0.1) is 0 Å². The highest BCUT2D eigenvalue weighted by Gasteiger charge is 2.29. The molecule has 6 heteroatoms. The van der Waals surface area contributed by atoms with E-state index in [2.05, 4.69) is 15.1 Å². The molecule has 20 heavy (non-hydrogen) atoms. The fraction of sp³-hybridized carbons (Fsp3) is 0.429. The van der Waals surface area contributed by atoms with E-state index in [4.69, 9.17) is 0 Å². The van der Waals surface area contributed by atoms with Gasteiger partial charge in [-0.3, -0.25) is 9.48 Å². The molecule has 0 saturated carbocycles. The molecule has 0 aliphatic carbocycles. The summed E-state index contributed by atoms with van der Waals surface area (Å²) in [4.78, 5) is 22.8. The van der Waals surface area contributed by atoms with Crippen molar-refractivity contribution in [1.82, 2.24) is 24.6 Å². The fourth-order valence-electron chi connectivity index (χ4n) is 2.50. The van der Waals surface area contributed by atoms with Gasteiger partial charge in [-0.25, -0.2) is 9.97 Å². The Morgan fingerprint density at radius 2 is 2.35 bits per heavy atom. The molecule has 2 aromatic heterocycles. The van der Waals surface area contributed by atoms with Crippen molar-refractivity contribution in [3.8, 4) is 0 Å². The third-order valence-corrected chi connectivity index (χ3v) is 3.58. The summed E-state index contributed by atoms with van der Waals surface area (Å²) in [6, 6.07) is 3.71. The Hall–Kier alpha value is -2.24. The summed E-state index contributed by atoms with van der Waals surface area (Å²) in [5.41, 5.74) is 0.969. The summed E-state index contributed by atoms with van der Waals surface area (Å²) in [6.07, 6.45) is 6.19. The Balaban J connectivity index is 1.63. The summed E-state index contributed by atoms with van der Waals surface area (Å²) < 4.78 is 1.65. The lowest BCUT2D eigenvalue weighted by Gasteiger charge is -2.16. The molecule has 6 nitrogen and oxygen atoms in total. The normalized spacial score (nSPS) is 18.4. The minimum atomic E-state index is 0.101. The van der Waals surface area contributed by atoms with E-state index in [1.165, 1.54) is 0 Å². The molecule has 0 N–H and O–H groups in total. The zero-order valence-electron chi connectivity index (χ0n) is 11.4. The average Bonchev–Trinajstić information content (AvgIpc) is 3.09. The lowest BCUT2D eigenvalue weighted by Crippen LogP contribution is -2.32. The van der Waals surface area contributed by atoms with Gasteiger partial charge in [0.05, 0.1) is 0 Å². The van der Waals surface area contributed by atoms with Gasteiger partial charge in [-0.05, 0) is 25.5 Å². The maximum Gasteiger partial charge on any atom is 0.244 e. The molecule has 1 fully saturated rings. The van der Waals surface area contributed by atoms with Gasteiger partial charge < -0.3 is 4.90 Å². The third kappa shape index (κ3) is 2.68. The van der Waals surface area contributed by atoms with Gasteiger partial charge in [0.15, 0.2) is 0 Å². The van der Waals surface area contributed by atoms with Crippen LogP contribution >= 0.6 is 0 Å². The molecule has 1 atom stereocenters. The largest absolute Gasteiger partial charge is 0.340 e. The van der Waals surface area contributed by atoms with Crippen molar-refractivity contribution < 1.29 is 4.79 Å². The molecule has 3 heterocycles. The van der Waals surface area contributed by atoms with Crippen LogP contribution in [0.15, 0.2) is 30.7 Å². The number of rotatable bonds is 3. The van der Waals surface area contributed by atoms with Crippen LogP contribution in [-0.4, -0.2) is 43.6 Å². The van der Waals surface area contributed by atoms with Gasteiger partial charge in [0.25, 0.3) is 0 Å². The van der Waals surface area contributed by atoms with Crippen LogP contribution in [0.5, 0.6) is 0 Å². The van der Waals surface area contributed by atoms with Gasteiger partial charge in [-0.2, -0.15) is 5.10 Å². The van der Waals surface area contributed by atoms with E-state index in [0.717, 1.165) is 24.5 Å². The average molecular weight is 271 g/mol. The van der Waals surface area contributed by atoms with Crippen LogP contribution in [0.1, 0.15) is 23.9 Å². The molecule has 3 rings (SSSR count). The van der Waals surface area contributed by atoms with Crippen LogP contribution in [0.3, 0.4) is 0 Å². The molecule has 0 aromatic carbocycles. The highest BCUT2D eigenvalue weighted by molar-refractivity contribution is 5.76. The summed E-state index contributed by atoms with van der Waals surface area (Å²) in [7, 11) is 0. The Bertz CT molecular complexity index is 595. The first-order valence-electron chi connectivity index (χ1n) is 6.77. The second-order valence-electron chi connectivity index (χ2n) is 5.09. The van der Waals surface area contributed by atoms with E-state index in [9.17, 15) is 4.79 Å². The Morgan fingerprint density at radius 1 is 1.45 bits per heavy atom. The molecule has 1 amide bonds. The Labute approximate surface area is 117 Å². The Kier molecular flexibility index (Phi) is 3.45. The molecule has 1 aliphatic heterocycles.